The molecule has 106 valence electrons. The van der Waals surface area contributed by atoms with E-state index in [9.17, 15) is 4.79 Å². The summed E-state index contributed by atoms with van der Waals surface area (Å²) in [6.07, 6.45) is 0. The first-order valence-corrected chi connectivity index (χ1v) is 7.26. The molecule has 1 amide bonds. The maximum absolute atomic E-state index is 12.2. The number of carbonyl (C=O) groups is 1. The molecule has 0 aromatic rings. The average Bonchev–Trinajstić information content (AvgIpc) is 2.35. The van der Waals surface area contributed by atoms with Gasteiger partial charge in [-0.2, -0.15) is 0 Å². The molecule has 0 radical (unpaired) electrons. The van der Waals surface area contributed by atoms with E-state index in [-0.39, 0.29) is 5.92 Å². The fourth-order valence-electron chi connectivity index (χ4n) is 2.43. The molecule has 4 heteroatoms. The lowest BCUT2D eigenvalue weighted by molar-refractivity contribution is -0.136. The van der Waals surface area contributed by atoms with Gasteiger partial charge in [0.2, 0.25) is 5.91 Å². The molecule has 4 nitrogen and oxygen atoms in total. The Morgan fingerprint density at radius 2 is 1.78 bits per heavy atom. The number of piperazine rings is 1. The van der Waals surface area contributed by atoms with Gasteiger partial charge >= 0.3 is 0 Å². The van der Waals surface area contributed by atoms with Gasteiger partial charge in [-0.05, 0) is 12.5 Å². The lowest BCUT2D eigenvalue weighted by Gasteiger charge is -2.36. The second kappa shape index (κ2) is 7.74. The summed E-state index contributed by atoms with van der Waals surface area (Å²) in [7, 11) is 0. The van der Waals surface area contributed by atoms with E-state index in [2.05, 4.69) is 31.0 Å². The van der Waals surface area contributed by atoms with E-state index in [0.29, 0.717) is 11.8 Å². The smallest absolute Gasteiger partial charge is 0.226 e. The maximum Gasteiger partial charge on any atom is 0.226 e. The van der Waals surface area contributed by atoms with Crippen molar-refractivity contribution in [3.8, 4) is 0 Å². The lowest BCUT2D eigenvalue weighted by Crippen LogP contribution is -2.51. The SMILES string of the molecule is CCNCC(C)C(=O)N1CCN(CC(C)C)CC1. The molecule has 1 N–H and O–H groups in total. The first-order valence-electron chi connectivity index (χ1n) is 7.26. The molecule has 1 fully saturated rings. The predicted octanol–water partition coefficient (Wildman–Crippen LogP) is 1.03. The van der Waals surface area contributed by atoms with Crippen molar-refractivity contribution in [2.75, 3.05) is 45.8 Å². The van der Waals surface area contributed by atoms with Crippen LogP contribution in [0, 0.1) is 11.8 Å². The number of carbonyl (C=O) groups excluding carboxylic acids is 1. The summed E-state index contributed by atoms with van der Waals surface area (Å²) in [6.45, 7) is 15.3. The highest BCUT2D eigenvalue weighted by atomic mass is 16.2. The topological polar surface area (TPSA) is 35.6 Å². The summed E-state index contributed by atoms with van der Waals surface area (Å²) in [4.78, 5) is 16.7. The van der Waals surface area contributed by atoms with Gasteiger partial charge < -0.3 is 10.2 Å². The Morgan fingerprint density at radius 1 is 1.17 bits per heavy atom. The monoisotopic (exact) mass is 255 g/mol. The molecule has 1 unspecified atom stereocenters. The summed E-state index contributed by atoms with van der Waals surface area (Å²) >= 11 is 0. The van der Waals surface area contributed by atoms with Crippen LogP contribution in [0.1, 0.15) is 27.7 Å². The van der Waals surface area contributed by atoms with Crippen molar-refractivity contribution in [2.24, 2.45) is 11.8 Å². The van der Waals surface area contributed by atoms with Gasteiger partial charge in [-0.3, -0.25) is 9.69 Å². The molecule has 0 aromatic heterocycles. The van der Waals surface area contributed by atoms with Gasteiger partial charge in [-0.1, -0.05) is 27.7 Å². The van der Waals surface area contributed by atoms with Gasteiger partial charge in [0.1, 0.15) is 0 Å². The van der Waals surface area contributed by atoms with Gasteiger partial charge in [0.15, 0.2) is 0 Å². The van der Waals surface area contributed by atoms with Crippen molar-refractivity contribution in [2.45, 2.75) is 27.7 Å². The number of hydrogen-bond acceptors (Lipinski definition) is 3. The van der Waals surface area contributed by atoms with E-state index in [1.807, 2.05) is 11.8 Å². The fourth-order valence-corrected chi connectivity index (χ4v) is 2.43. The van der Waals surface area contributed by atoms with Gasteiger partial charge in [-0.15, -0.1) is 0 Å². The van der Waals surface area contributed by atoms with Gasteiger partial charge in [-0.25, -0.2) is 0 Å². The van der Waals surface area contributed by atoms with Crippen LogP contribution in [0.2, 0.25) is 0 Å². The van der Waals surface area contributed by atoms with Crippen molar-refractivity contribution in [3.05, 3.63) is 0 Å². The van der Waals surface area contributed by atoms with Crippen molar-refractivity contribution in [1.29, 1.82) is 0 Å². The van der Waals surface area contributed by atoms with Gasteiger partial charge in [0, 0.05) is 45.2 Å². The molecule has 1 saturated heterocycles. The quantitative estimate of drug-likeness (QED) is 0.770. The Bertz CT molecular complexity index is 247. The zero-order valence-electron chi connectivity index (χ0n) is 12.4. The first kappa shape index (κ1) is 15.4. The highest BCUT2D eigenvalue weighted by Crippen LogP contribution is 2.08. The predicted molar refractivity (Wildman–Crippen MR) is 75.6 cm³/mol. The number of nitrogens with one attached hydrogen (secondary N) is 1. The third-order valence-electron chi connectivity index (χ3n) is 3.43. The minimum atomic E-state index is 0.0987. The van der Waals surface area contributed by atoms with E-state index < -0.39 is 0 Å². The van der Waals surface area contributed by atoms with Crippen LogP contribution in [0.25, 0.3) is 0 Å². The molecular weight excluding hydrogens is 226 g/mol. The maximum atomic E-state index is 12.2. The van der Waals surface area contributed by atoms with Crippen LogP contribution in [0.4, 0.5) is 0 Å². The Balaban J connectivity index is 2.31. The van der Waals surface area contributed by atoms with Crippen molar-refractivity contribution in [3.63, 3.8) is 0 Å². The van der Waals surface area contributed by atoms with Gasteiger partial charge in [0.05, 0.1) is 0 Å². The van der Waals surface area contributed by atoms with E-state index >= 15 is 0 Å². The highest BCUT2D eigenvalue weighted by Gasteiger charge is 2.24. The van der Waals surface area contributed by atoms with Crippen LogP contribution in [-0.2, 0) is 4.79 Å². The second-order valence-corrected chi connectivity index (χ2v) is 5.73. The van der Waals surface area contributed by atoms with Crippen molar-refractivity contribution >= 4 is 5.91 Å². The Morgan fingerprint density at radius 3 is 2.28 bits per heavy atom. The van der Waals surface area contributed by atoms with E-state index in [1.165, 1.54) is 0 Å². The highest BCUT2D eigenvalue weighted by molar-refractivity contribution is 5.78. The number of hydrogen-bond donors (Lipinski definition) is 1. The molecule has 1 heterocycles. The molecule has 18 heavy (non-hydrogen) atoms. The summed E-state index contributed by atoms with van der Waals surface area (Å²) in [5.41, 5.74) is 0. The third-order valence-corrected chi connectivity index (χ3v) is 3.43. The number of amides is 1. The summed E-state index contributed by atoms with van der Waals surface area (Å²) < 4.78 is 0. The largest absolute Gasteiger partial charge is 0.340 e. The Hall–Kier alpha value is -0.610. The van der Waals surface area contributed by atoms with E-state index in [0.717, 1.165) is 45.8 Å². The van der Waals surface area contributed by atoms with Crippen LogP contribution >= 0.6 is 0 Å². The molecular formula is C14H29N3O. The minimum absolute atomic E-state index is 0.0987. The standard InChI is InChI=1S/C14H29N3O/c1-5-15-10-13(4)14(18)17-8-6-16(7-9-17)11-12(2)3/h12-13,15H,5-11H2,1-4H3. The second-order valence-electron chi connectivity index (χ2n) is 5.73. The summed E-state index contributed by atoms with van der Waals surface area (Å²) in [6, 6.07) is 0. The fraction of sp³-hybridized carbons (Fsp3) is 0.929. The number of rotatable bonds is 6. The van der Waals surface area contributed by atoms with Crippen LogP contribution in [-0.4, -0.2) is 61.5 Å². The lowest BCUT2D eigenvalue weighted by atomic mass is 10.1. The molecule has 0 bridgehead atoms. The van der Waals surface area contributed by atoms with Crippen molar-refractivity contribution in [1.82, 2.24) is 15.1 Å². The average molecular weight is 255 g/mol. The normalized spacial score (nSPS) is 19.3. The molecule has 1 aliphatic heterocycles. The van der Waals surface area contributed by atoms with Crippen molar-refractivity contribution < 1.29 is 4.79 Å². The Labute approximate surface area is 112 Å². The van der Waals surface area contributed by atoms with E-state index in [4.69, 9.17) is 0 Å². The molecule has 0 saturated carbocycles. The molecule has 0 aromatic carbocycles. The van der Waals surface area contributed by atoms with Crippen LogP contribution in [0.3, 0.4) is 0 Å². The molecule has 0 spiro atoms. The summed E-state index contributed by atoms with van der Waals surface area (Å²) in [5.74, 6) is 1.11. The number of nitrogens with zero attached hydrogens (tertiary/aromatic N) is 2. The zero-order valence-corrected chi connectivity index (χ0v) is 12.4. The third kappa shape index (κ3) is 4.94. The molecule has 1 atom stereocenters. The van der Waals surface area contributed by atoms with Gasteiger partial charge in [0.25, 0.3) is 0 Å². The minimum Gasteiger partial charge on any atom is -0.340 e. The molecule has 1 rings (SSSR count). The van der Waals surface area contributed by atoms with Crippen LogP contribution in [0.15, 0.2) is 0 Å². The van der Waals surface area contributed by atoms with Crippen LogP contribution in [0.5, 0.6) is 0 Å². The van der Waals surface area contributed by atoms with E-state index in [1.54, 1.807) is 0 Å². The summed E-state index contributed by atoms with van der Waals surface area (Å²) in [5, 5.41) is 3.24. The molecule has 0 aliphatic carbocycles. The first-order chi connectivity index (χ1) is 8.54. The Kier molecular flexibility index (Phi) is 6.65. The zero-order chi connectivity index (χ0) is 13.5. The molecule has 1 aliphatic rings. The van der Waals surface area contributed by atoms with Crippen LogP contribution < -0.4 is 5.32 Å².